The topological polar surface area (TPSA) is 29.5 Å². The van der Waals surface area contributed by atoms with Crippen molar-refractivity contribution >= 4 is 0 Å². The van der Waals surface area contributed by atoms with Crippen LogP contribution in [0.15, 0.2) is 67.3 Å². The van der Waals surface area contributed by atoms with E-state index in [0.29, 0.717) is 38.7 Å². The first-order chi connectivity index (χ1) is 15.9. The lowest BCUT2D eigenvalue weighted by Gasteiger charge is -2.13. The Bertz CT molecular complexity index is 1080. The lowest BCUT2D eigenvalue weighted by atomic mass is 9.97. The van der Waals surface area contributed by atoms with E-state index in [1.807, 2.05) is 31.2 Å². The van der Waals surface area contributed by atoms with Gasteiger partial charge in [0.2, 0.25) is 0 Å². The van der Waals surface area contributed by atoms with Crippen LogP contribution in [0.5, 0.6) is 5.75 Å². The van der Waals surface area contributed by atoms with E-state index < -0.39 is 23.6 Å². The summed E-state index contributed by atoms with van der Waals surface area (Å²) < 4.78 is 48.6. The number of aliphatic hydroxyl groups is 1. The van der Waals surface area contributed by atoms with Gasteiger partial charge < -0.3 is 9.84 Å². The summed E-state index contributed by atoms with van der Waals surface area (Å²) in [6.07, 6.45) is 3.28. The second kappa shape index (κ2) is 11.7. The summed E-state index contributed by atoms with van der Waals surface area (Å²) in [5.41, 5.74) is 2.81. The summed E-state index contributed by atoms with van der Waals surface area (Å²) in [7, 11) is 0. The maximum Gasteiger partial charge on any atom is 0.165 e. The molecule has 0 fully saturated rings. The van der Waals surface area contributed by atoms with Gasteiger partial charge in [-0.2, -0.15) is 0 Å². The molecule has 0 radical (unpaired) electrons. The smallest absolute Gasteiger partial charge is 0.165 e. The number of aryl methyl sites for hydroxylation is 2. The summed E-state index contributed by atoms with van der Waals surface area (Å²) >= 11 is 0. The van der Waals surface area contributed by atoms with E-state index >= 15 is 0 Å². The molecule has 0 aliphatic rings. The number of rotatable bonds is 11. The number of ether oxygens (including phenoxy) is 1. The van der Waals surface area contributed by atoms with Gasteiger partial charge in [0.15, 0.2) is 23.2 Å². The van der Waals surface area contributed by atoms with Crippen molar-refractivity contribution in [3.05, 3.63) is 101 Å². The van der Waals surface area contributed by atoms with Crippen LogP contribution in [0.1, 0.15) is 49.0 Å². The molecular formula is C28H29F3O2. The van der Waals surface area contributed by atoms with E-state index in [0.717, 1.165) is 16.7 Å². The van der Waals surface area contributed by atoms with Crippen molar-refractivity contribution < 1.29 is 23.0 Å². The lowest BCUT2D eigenvalue weighted by molar-refractivity contribution is 0.160. The highest BCUT2D eigenvalue weighted by Gasteiger charge is 2.18. The minimum atomic E-state index is -0.997. The average Bonchev–Trinajstić information content (AvgIpc) is 2.81. The van der Waals surface area contributed by atoms with Gasteiger partial charge in [0, 0.05) is 5.56 Å². The molecule has 0 heterocycles. The van der Waals surface area contributed by atoms with Gasteiger partial charge >= 0.3 is 0 Å². The molecule has 0 amide bonds. The van der Waals surface area contributed by atoms with E-state index in [4.69, 9.17) is 4.74 Å². The highest BCUT2D eigenvalue weighted by atomic mass is 19.2. The predicted molar refractivity (Wildman–Crippen MR) is 126 cm³/mol. The molecule has 3 aromatic rings. The molecule has 0 bridgehead atoms. The molecule has 0 aliphatic carbocycles. The van der Waals surface area contributed by atoms with Gasteiger partial charge in [0.25, 0.3) is 0 Å². The average molecular weight is 455 g/mol. The summed E-state index contributed by atoms with van der Waals surface area (Å²) in [6.45, 7) is 5.87. The third-order valence-electron chi connectivity index (χ3n) is 5.59. The van der Waals surface area contributed by atoms with E-state index in [-0.39, 0.29) is 16.9 Å². The molecule has 0 aromatic heterocycles. The zero-order valence-electron chi connectivity index (χ0n) is 18.8. The molecule has 2 nitrogen and oxygen atoms in total. The predicted octanol–water partition coefficient (Wildman–Crippen LogP) is 7.34. The quantitative estimate of drug-likeness (QED) is 0.243. The molecule has 3 aromatic carbocycles. The van der Waals surface area contributed by atoms with Crippen molar-refractivity contribution in [3.63, 3.8) is 0 Å². The van der Waals surface area contributed by atoms with Crippen molar-refractivity contribution in [1.29, 1.82) is 0 Å². The van der Waals surface area contributed by atoms with Crippen LogP contribution in [-0.2, 0) is 12.8 Å². The monoisotopic (exact) mass is 454 g/mol. The van der Waals surface area contributed by atoms with Gasteiger partial charge in [-0.25, -0.2) is 13.2 Å². The van der Waals surface area contributed by atoms with Gasteiger partial charge in [-0.3, -0.25) is 0 Å². The van der Waals surface area contributed by atoms with E-state index in [1.54, 1.807) is 24.3 Å². The Hall–Kier alpha value is -3.05. The normalized spacial score (nSPS) is 11.9. The molecule has 1 unspecified atom stereocenters. The minimum Gasteiger partial charge on any atom is -0.490 e. The largest absolute Gasteiger partial charge is 0.490 e. The first kappa shape index (κ1) is 24.6. The highest BCUT2D eigenvalue weighted by Crippen LogP contribution is 2.28. The Labute approximate surface area is 193 Å². The molecule has 33 heavy (non-hydrogen) atoms. The van der Waals surface area contributed by atoms with Crippen LogP contribution in [0.25, 0.3) is 11.1 Å². The van der Waals surface area contributed by atoms with E-state index in [2.05, 4.69) is 6.58 Å². The van der Waals surface area contributed by atoms with Crippen LogP contribution >= 0.6 is 0 Å². The maximum absolute atomic E-state index is 14.5. The maximum atomic E-state index is 14.5. The molecule has 0 saturated heterocycles. The van der Waals surface area contributed by atoms with Crippen LogP contribution in [0.3, 0.4) is 0 Å². The van der Waals surface area contributed by atoms with Gasteiger partial charge in [-0.05, 0) is 60.1 Å². The number of hydrogen-bond donors (Lipinski definition) is 1. The molecule has 174 valence electrons. The molecule has 1 atom stereocenters. The second-order valence-corrected chi connectivity index (χ2v) is 8.01. The van der Waals surface area contributed by atoms with Gasteiger partial charge in [-0.1, -0.05) is 61.9 Å². The lowest BCUT2D eigenvalue weighted by Crippen LogP contribution is -2.06. The van der Waals surface area contributed by atoms with Crippen LogP contribution in [0.2, 0.25) is 0 Å². The van der Waals surface area contributed by atoms with Gasteiger partial charge in [-0.15, -0.1) is 6.58 Å². The minimum absolute atomic E-state index is 0.00630. The molecule has 3 rings (SSSR count). The van der Waals surface area contributed by atoms with Gasteiger partial charge in [0.05, 0.1) is 12.7 Å². The molecule has 1 N–H and O–H groups in total. The molecule has 0 aliphatic heterocycles. The standard InChI is InChI=1S/C28H29F3O2/c1-3-5-17-33-26-16-14-22(18-24(26)29)20-10-7-19(8-11-20)9-12-21-13-15-23(25(32)6-4-2)28(31)27(21)30/h3,7-8,10-11,13-16,18,25,32H,1,4-6,9,12,17H2,2H3. The number of aliphatic hydroxyl groups excluding tert-OH is 1. The zero-order valence-corrected chi connectivity index (χ0v) is 18.8. The Kier molecular flexibility index (Phi) is 8.72. The third kappa shape index (κ3) is 6.26. The number of hydrogen-bond acceptors (Lipinski definition) is 2. The zero-order chi connectivity index (χ0) is 23.8. The fraction of sp³-hybridized carbons (Fsp3) is 0.286. The van der Waals surface area contributed by atoms with Crippen LogP contribution < -0.4 is 4.74 Å². The van der Waals surface area contributed by atoms with Crippen molar-refractivity contribution in [2.45, 2.75) is 45.1 Å². The van der Waals surface area contributed by atoms with Crippen molar-refractivity contribution in [2.75, 3.05) is 6.61 Å². The third-order valence-corrected chi connectivity index (χ3v) is 5.59. The van der Waals surface area contributed by atoms with Crippen molar-refractivity contribution in [1.82, 2.24) is 0 Å². The second-order valence-electron chi connectivity index (χ2n) is 8.01. The fourth-order valence-corrected chi connectivity index (χ4v) is 3.68. The van der Waals surface area contributed by atoms with Crippen molar-refractivity contribution in [2.24, 2.45) is 0 Å². The summed E-state index contributed by atoms with van der Waals surface area (Å²) in [5.74, 6) is -2.08. The Morgan fingerprint density at radius 1 is 0.939 bits per heavy atom. The number of halogens is 3. The Morgan fingerprint density at radius 3 is 2.33 bits per heavy atom. The molecular weight excluding hydrogens is 425 g/mol. The van der Waals surface area contributed by atoms with Crippen LogP contribution in [0.4, 0.5) is 13.2 Å². The highest BCUT2D eigenvalue weighted by molar-refractivity contribution is 5.64. The van der Waals surface area contributed by atoms with Gasteiger partial charge in [0.1, 0.15) is 0 Å². The van der Waals surface area contributed by atoms with E-state index in [1.165, 1.54) is 12.1 Å². The van der Waals surface area contributed by atoms with Crippen LogP contribution in [-0.4, -0.2) is 11.7 Å². The summed E-state index contributed by atoms with van der Waals surface area (Å²) in [6, 6.07) is 15.4. The first-order valence-corrected chi connectivity index (χ1v) is 11.2. The number of benzene rings is 3. The fourth-order valence-electron chi connectivity index (χ4n) is 3.68. The van der Waals surface area contributed by atoms with E-state index in [9.17, 15) is 18.3 Å². The Morgan fingerprint density at radius 2 is 1.67 bits per heavy atom. The molecule has 5 heteroatoms. The summed E-state index contributed by atoms with van der Waals surface area (Å²) in [5, 5.41) is 9.98. The van der Waals surface area contributed by atoms with Crippen LogP contribution in [0, 0.1) is 17.5 Å². The molecule has 0 saturated carbocycles. The summed E-state index contributed by atoms with van der Waals surface area (Å²) in [4.78, 5) is 0. The first-order valence-electron chi connectivity index (χ1n) is 11.2. The molecule has 0 spiro atoms. The van der Waals surface area contributed by atoms with Crippen molar-refractivity contribution in [3.8, 4) is 16.9 Å². The Balaban J connectivity index is 1.65. The SMILES string of the molecule is C=CCCOc1ccc(-c2ccc(CCc3ccc(C(O)CCC)c(F)c3F)cc2)cc1F.